The molecule has 0 aliphatic carbocycles. The van der Waals surface area contributed by atoms with Gasteiger partial charge in [0.15, 0.2) is 0 Å². The first-order valence-electron chi connectivity index (χ1n) is 5.60. The van der Waals surface area contributed by atoms with Crippen LogP contribution in [-0.4, -0.2) is 33.8 Å². The second kappa shape index (κ2) is 6.29. The number of hydrogen-bond donors (Lipinski definition) is 1. The van der Waals surface area contributed by atoms with Gasteiger partial charge in [-0.05, 0) is 28.1 Å². The molecule has 0 saturated carbocycles. The Morgan fingerprint density at radius 3 is 2.85 bits per heavy atom. The number of nitrogens with zero attached hydrogens (tertiary/aromatic N) is 3. The fourth-order valence-electron chi connectivity index (χ4n) is 1.42. The van der Waals surface area contributed by atoms with Crippen LogP contribution in [0.2, 0.25) is 0 Å². The van der Waals surface area contributed by atoms with Crippen molar-refractivity contribution >= 4 is 33.5 Å². The number of carbonyl (C=O) groups excluding carboxylic acids is 2. The molecular weight excluding hydrogens is 328 g/mol. The molecule has 1 amide bonds. The first-order valence-corrected chi connectivity index (χ1v) is 6.40. The Balaban J connectivity index is 2.01. The quantitative estimate of drug-likeness (QED) is 0.673. The lowest BCUT2D eigenvalue weighted by atomic mass is 10.2. The first-order chi connectivity index (χ1) is 9.58. The molecule has 104 valence electrons. The Morgan fingerprint density at radius 1 is 1.40 bits per heavy atom. The van der Waals surface area contributed by atoms with Crippen molar-refractivity contribution in [2.45, 2.75) is 6.54 Å². The number of ether oxygens (including phenoxy) is 1. The number of anilines is 1. The zero-order valence-corrected chi connectivity index (χ0v) is 12.1. The van der Waals surface area contributed by atoms with Crippen LogP contribution in [0.1, 0.15) is 10.4 Å². The van der Waals surface area contributed by atoms with Crippen molar-refractivity contribution in [2.75, 3.05) is 12.4 Å². The lowest BCUT2D eigenvalue weighted by Crippen LogP contribution is -2.13. The van der Waals surface area contributed by atoms with Crippen LogP contribution >= 0.6 is 15.9 Å². The van der Waals surface area contributed by atoms with E-state index >= 15 is 0 Å². The number of aromatic nitrogens is 3. The lowest BCUT2D eigenvalue weighted by Gasteiger charge is -2.02. The van der Waals surface area contributed by atoms with Crippen molar-refractivity contribution < 1.29 is 14.3 Å². The maximum atomic E-state index is 11.9. The Kier molecular flexibility index (Phi) is 4.46. The van der Waals surface area contributed by atoms with Crippen molar-refractivity contribution in [1.29, 1.82) is 0 Å². The minimum atomic E-state index is -0.414. The zero-order valence-electron chi connectivity index (χ0n) is 10.5. The highest BCUT2D eigenvalue weighted by Gasteiger charge is 2.09. The molecular formula is C12H11BrN4O3. The number of methoxy groups -OCH3 is 1. The molecule has 20 heavy (non-hydrogen) atoms. The van der Waals surface area contributed by atoms with E-state index < -0.39 is 5.97 Å². The van der Waals surface area contributed by atoms with Gasteiger partial charge in [0.2, 0.25) is 0 Å². The van der Waals surface area contributed by atoms with Crippen LogP contribution in [0.15, 0.2) is 35.3 Å². The smallest absolute Gasteiger partial charge is 0.327 e. The van der Waals surface area contributed by atoms with Gasteiger partial charge in [-0.15, -0.1) is 0 Å². The molecule has 2 rings (SSSR count). The molecule has 0 unspecified atom stereocenters. The molecule has 0 aromatic carbocycles. The summed E-state index contributed by atoms with van der Waals surface area (Å²) in [6.45, 7) is -0.00773. The number of carbonyl (C=O) groups is 2. The molecule has 1 N–H and O–H groups in total. The summed E-state index contributed by atoms with van der Waals surface area (Å²) >= 11 is 3.19. The summed E-state index contributed by atoms with van der Waals surface area (Å²) in [6.07, 6.45) is 4.45. The van der Waals surface area contributed by atoms with Crippen LogP contribution in [0.4, 0.5) is 5.69 Å². The van der Waals surface area contributed by atoms with Crippen molar-refractivity contribution in [3.63, 3.8) is 0 Å². The van der Waals surface area contributed by atoms with Gasteiger partial charge in [-0.2, -0.15) is 5.10 Å². The maximum absolute atomic E-state index is 11.9. The third-order valence-corrected chi connectivity index (χ3v) is 2.87. The van der Waals surface area contributed by atoms with Gasteiger partial charge in [0.1, 0.15) is 11.1 Å². The molecule has 8 heteroatoms. The highest BCUT2D eigenvalue weighted by atomic mass is 79.9. The number of amides is 1. The average Bonchev–Trinajstić information content (AvgIpc) is 2.86. The molecule has 2 heterocycles. The molecule has 0 bridgehead atoms. The minimum absolute atomic E-state index is 0.00773. The minimum Gasteiger partial charge on any atom is -0.468 e. The summed E-state index contributed by atoms with van der Waals surface area (Å²) in [5.41, 5.74) is 0.913. The Hall–Kier alpha value is -2.22. The van der Waals surface area contributed by atoms with Crippen molar-refractivity contribution in [2.24, 2.45) is 0 Å². The van der Waals surface area contributed by atoms with Crippen LogP contribution in [0.25, 0.3) is 0 Å². The number of rotatable bonds is 4. The number of esters is 1. The monoisotopic (exact) mass is 338 g/mol. The van der Waals surface area contributed by atoms with Crippen LogP contribution in [0.3, 0.4) is 0 Å². The second-order valence-corrected chi connectivity index (χ2v) is 4.64. The topological polar surface area (TPSA) is 86.1 Å². The predicted octanol–water partition coefficient (Wildman–Crippen LogP) is 1.47. The van der Waals surface area contributed by atoms with Gasteiger partial charge in [-0.25, -0.2) is 4.98 Å². The predicted molar refractivity (Wildman–Crippen MR) is 74.1 cm³/mol. The molecule has 0 spiro atoms. The van der Waals surface area contributed by atoms with Gasteiger partial charge in [0, 0.05) is 12.4 Å². The molecule has 2 aromatic rings. The number of nitrogens with one attached hydrogen (secondary N) is 1. The zero-order chi connectivity index (χ0) is 14.5. The molecule has 0 radical (unpaired) electrons. The normalized spacial score (nSPS) is 10.1. The van der Waals surface area contributed by atoms with Crippen molar-refractivity contribution in [3.8, 4) is 0 Å². The molecule has 0 atom stereocenters. The van der Waals surface area contributed by atoms with Gasteiger partial charge in [0.05, 0.1) is 24.6 Å². The fraction of sp³-hybridized carbons (Fsp3) is 0.167. The first kappa shape index (κ1) is 14.2. The summed E-state index contributed by atoms with van der Waals surface area (Å²) in [5.74, 6) is -0.717. The highest BCUT2D eigenvalue weighted by molar-refractivity contribution is 9.10. The van der Waals surface area contributed by atoms with Crippen LogP contribution in [0.5, 0.6) is 0 Å². The summed E-state index contributed by atoms with van der Waals surface area (Å²) in [5, 5.41) is 6.60. The molecule has 2 aromatic heterocycles. The molecule has 0 aliphatic heterocycles. The number of halogens is 1. The average molecular weight is 339 g/mol. The van der Waals surface area contributed by atoms with E-state index in [1.54, 1.807) is 18.3 Å². The molecule has 0 fully saturated rings. The van der Waals surface area contributed by atoms with Crippen molar-refractivity contribution in [3.05, 3.63) is 40.9 Å². The van der Waals surface area contributed by atoms with Crippen LogP contribution in [0, 0.1) is 0 Å². The number of hydrogen-bond acceptors (Lipinski definition) is 5. The van der Waals surface area contributed by atoms with E-state index in [4.69, 9.17) is 0 Å². The summed E-state index contributed by atoms with van der Waals surface area (Å²) < 4.78 is 6.55. The maximum Gasteiger partial charge on any atom is 0.327 e. The summed E-state index contributed by atoms with van der Waals surface area (Å²) in [6, 6.07) is 3.32. The Bertz CT molecular complexity index is 624. The van der Waals surface area contributed by atoms with Crippen molar-refractivity contribution in [1.82, 2.24) is 14.8 Å². The molecule has 0 saturated heterocycles. The van der Waals surface area contributed by atoms with Gasteiger partial charge < -0.3 is 10.1 Å². The molecule has 7 nitrogen and oxygen atoms in total. The van der Waals surface area contributed by atoms with Gasteiger partial charge in [-0.1, -0.05) is 0 Å². The Morgan fingerprint density at radius 2 is 2.20 bits per heavy atom. The second-order valence-electron chi connectivity index (χ2n) is 3.83. The van der Waals surface area contributed by atoms with Crippen LogP contribution in [-0.2, 0) is 16.1 Å². The van der Waals surface area contributed by atoms with E-state index in [-0.39, 0.29) is 12.5 Å². The highest BCUT2D eigenvalue weighted by Crippen LogP contribution is 2.10. The third kappa shape index (κ3) is 3.64. The van der Waals surface area contributed by atoms with Gasteiger partial charge in [-0.3, -0.25) is 14.3 Å². The molecule has 0 aliphatic rings. The SMILES string of the molecule is COC(=O)Cn1cc(NC(=O)c2ccc(Br)nc2)cn1. The van der Waals surface area contributed by atoms with Gasteiger partial charge >= 0.3 is 5.97 Å². The standard InChI is InChI=1S/C12H11BrN4O3/c1-20-11(18)7-17-6-9(5-15-17)16-12(19)8-2-3-10(13)14-4-8/h2-6H,7H2,1H3,(H,16,19). The largest absolute Gasteiger partial charge is 0.468 e. The number of pyridine rings is 1. The Labute approximate surface area is 123 Å². The van der Waals surface area contributed by atoms with E-state index in [0.717, 1.165) is 0 Å². The van der Waals surface area contributed by atoms with E-state index in [0.29, 0.717) is 15.9 Å². The van der Waals surface area contributed by atoms with E-state index in [1.165, 1.54) is 24.2 Å². The van der Waals surface area contributed by atoms with E-state index in [9.17, 15) is 9.59 Å². The van der Waals surface area contributed by atoms with Crippen LogP contribution < -0.4 is 5.32 Å². The van der Waals surface area contributed by atoms with E-state index in [2.05, 4.69) is 36.1 Å². The van der Waals surface area contributed by atoms with Gasteiger partial charge in [0.25, 0.3) is 5.91 Å². The van der Waals surface area contributed by atoms with E-state index in [1.807, 2.05) is 0 Å². The third-order valence-electron chi connectivity index (χ3n) is 2.40. The summed E-state index contributed by atoms with van der Waals surface area (Å²) in [7, 11) is 1.30. The fourth-order valence-corrected chi connectivity index (χ4v) is 1.66. The lowest BCUT2D eigenvalue weighted by molar-refractivity contribution is -0.141. The summed E-state index contributed by atoms with van der Waals surface area (Å²) in [4.78, 5) is 27.0.